The maximum atomic E-state index is 5.74. The fraction of sp³-hybridized carbons (Fsp3) is 0.465. The van der Waals surface area contributed by atoms with Crippen LogP contribution in [-0.2, 0) is 84.2 Å². The summed E-state index contributed by atoms with van der Waals surface area (Å²) in [6, 6.07) is 78.9. The standard InChI is InChI=1S/C14H20O2.C14H16.C13H18.C12H16O2.C12H16O.2C10H14.2C9H13N.C8H13N.C8H12O.C8H12S/c1-14(2,3)11-6-7-12-13(10-11)16-9-5-4-8-15-12;1-14(2,3)13-9-8-11-6-4-5-7-12(11)10-13;1-13(2,3)12-8-7-10-5-4-6-11(10)9-12;1-12(2,3)9-4-5-10-11(8-9)14-7-6-13-10;1-12(2,3)10-5-4-9-6-7-13-11(9)8-10;2*1-10(2,3)9-7-5-4-6-8-9;2*1-9(2,3)8-5-4-6-10-7-8;2*1-8(2,3)7-4-5-9-6-7;1-8(2,3)7-5-4-6-9-7/h6-7,10H,4-5,8-9H2,1-3H3;4-10H,1-3H3;7-9H,4-6H2,1-3H3;4-5,8H,6-7H2,1-3H3;4-5,8H,6-7H2,1-3H3;2*4-8H,1-3H3;2*4-7H,1-3H3;4-6,9H,1-3H3;2*4-6H,1-3H3. The minimum Gasteiger partial charge on any atom is -0.493 e. The number of hydrogen-bond acceptors (Lipinski definition) is 9. The topological polar surface area (TPSA) is 101 Å². The number of pyridine rings is 2. The molecule has 13 aromatic rings. The first-order valence-electron chi connectivity index (χ1n) is 49.9. The van der Waals surface area contributed by atoms with Crippen LogP contribution in [-0.4, -0.2) is 48.0 Å². The van der Waals surface area contributed by atoms with Crippen molar-refractivity contribution in [2.45, 2.75) is 353 Å². The lowest BCUT2D eigenvalue weighted by molar-refractivity contribution is 0.171. The molecule has 10 heteroatoms. The number of furan rings is 1. The van der Waals surface area contributed by atoms with Crippen molar-refractivity contribution >= 4 is 22.1 Å². The van der Waals surface area contributed by atoms with Crippen molar-refractivity contribution in [1.29, 1.82) is 0 Å². The zero-order valence-electron chi connectivity index (χ0n) is 91.6. The van der Waals surface area contributed by atoms with E-state index in [1.54, 1.807) is 36.0 Å². The molecule has 17 rings (SSSR count). The summed E-state index contributed by atoms with van der Waals surface area (Å²) < 4.78 is 32.9. The Morgan fingerprint density at radius 3 is 0.985 bits per heavy atom. The number of rotatable bonds is 0. The van der Waals surface area contributed by atoms with Gasteiger partial charge in [0.05, 0.1) is 32.3 Å². The maximum absolute atomic E-state index is 5.74. The predicted molar refractivity (Wildman–Crippen MR) is 592 cm³/mol. The Kier molecular flexibility index (Phi) is 43.3. The molecule has 1 aliphatic carbocycles. The lowest BCUT2D eigenvalue weighted by atomic mass is 9.85. The molecule has 0 fully saturated rings. The summed E-state index contributed by atoms with van der Waals surface area (Å²) in [5, 5.41) is 4.78. The third kappa shape index (κ3) is 41.7. The monoisotopic (exact) mass is 1870 g/mol. The Morgan fingerprint density at radius 2 is 0.620 bits per heavy atom. The molecule has 0 bridgehead atoms. The number of benzene rings is 8. The van der Waals surface area contributed by atoms with Crippen LogP contribution < -0.4 is 23.7 Å². The van der Waals surface area contributed by atoms with Crippen molar-refractivity contribution in [1.82, 2.24) is 15.0 Å². The average molecular weight is 1870 g/mol. The maximum Gasteiger partial charge on any atom is 0.161 e. The number of hydrogen-bond donors (Lipinski definition) is 1. The van der Waals surface area contributed by atoms with Gasteiger partial charge in [-0.1, -0.05) is 413 Å². The second-order valence-corrected chi connectivity index (χ2v) is 49.5. The van der Waals surface area contributed by atoms with Gasteiger partial charge in [0.25, 0.3) is 0 Å². The van der Waals surface area contributed by atoms with Crippen LogP contribution in [0, 0.1) is 0 Å². The molecule has 8 aromatic carbocycles. The van der Waals surface area contributed by atoms with E-state index in [9.17, 15) is 0 Å². The molecule has 742 valence electrons. The van der Waals surface area contributed by atoms with Gasteiger partial charge in [0.1, 0.15) is 19.0 Å². The van der Waals surface area contributed by atoms with Gasteiger partial charge in [-0.2, -0.15) is 0 Å². The largest absolute Gasteiger partial charge is 0.493 e. The molecule has 1 N–H and O–H groups in total. The van der Waals surface area contributed by atoms with Crippen molar-refractivity contribution < 1.29 is 28.1 Å². The molecule has 0 radical (unpaired) electrons. The number of aromatic nitrogens is 3. The number of thiophene rings is 1. The van der Waals surface area contributed by atoms with Gasteiger partial charge in [0, 0.05) is 48.5 Å². The minimum atomic E-state index is 0.154. The van der Waals surface area contributed by atoms with Crippen LogP contribution in [0.3, 0.4) is 0 Å². The number of nitrogens with one attached hydrogen (secondary N) is 1. The number of aryl methyl sites for hydroxylation is 2. The molecule has 9 nitrogen and oxygen atoms in total. The van der Waals surface area contributed by atoms with Crippen molar-refractivity contribution in [2.24, 2.45) is 0 Å². The van der Waals surface area contributed by atoms with Gasteiger partial charge in [-0.25, -0.2) is 0 Å². The number of aromatic amines is 1. The normalized spacial score (nSPS) is 13.4. The molecule has 0 amide bonds. The summed E-state index contributed by atoms with van der Waals surface area (Å²) >= 11 is 1.83. The summed E-state index contributed by atoms with van der Waals surface area (Å²) in [6.07, 6.45) is 22.1. The molecule has 0 unspecified atom stereocenters. The fourth-order valence-electron chi connectivity index (χ4n) is 14.3. The van der Waals surface area contributed by atoms with E-state index in [1.165, 1.54) is 102 Å². The lowest BCUT2D eigenvalue weighted by Crippen LogP contribution is -2.17. The van der Waals surface area contributed by atoms with E-state index in [0.717, 1.165) is 67.8 Å². The highest BCUT2D eigenvalue weighted by Gasteiger charge is 2.25. The Morgan fingerprint density at radius 1 is 0.248 bits per heavy atom. The quantitative estimate of drug-likeness (QED) is 0.160. The molecule has 137 heavy (non-hydrogen) atoms. The van der Waals surface area contributed by atoms with E-state index in [1.807, 2.05) is 66.5 Å². The summed E-state index contributed by atoms with van der Waals surface area (Å²) in [5.74, 6) is 4.61. The van der Waals surface area contributed by atoms with Crippen molar-refractivity contribution in [3.63, 3.8) is 0 Å². The van der Waals surface area contributed by atoms with E-state index in [4.69, 9.17) is 28.1 Å². The SMILES string of the molecule is CC(C)(C)c1cc[nH]c1.CC(C)(C)c1ccc2c(c1)CCC2.CC(C)(C)c1ccc2c(c1)OCC2.CC(C)(C)c1ccc2c(c1)OCCCCO2.CC(C)(C)c1ccc2c(c1)OCCO2.CC(C)(C)c1ccc2ccccc2c1.CC(C)(C)c1ccccc1.CC(C)(C)c1ccccc1.CC(C)(C)c1cccnc1.CC(C)(C)c1cccnc1.CC(C)(C)c1cccs1.CC(C)(C)c1ccoc1. The molecule has 0 atom stereocenters. The van der Waals surface area contributed by atoms with Crippen LogP contribution >= 0.6 is 11.3 Å². The number of ether oxygens (including phenoxy) is 5. The summed E-state index contributed by atoms with van der Waals surface area (Å²) in [6.45, 7) is 83.5. The first-order chi connectivity index (χ1) is 63.6. The number of nitrogens with zero attached hydrogens (tertiary/aromatic N) is 2. The van der Waals surface area contributed by atoms with E-state index in [-0.39, 0.29) is 37.9 Å². The highest BCUT2D eigenvalue weighted by Crippen LogP contribution is 2.39. The van der Waals surface area contributed by atoms with Crippen molar-refractivity contribution in [2.75, 3.05) is 33.0 Å². The van der Waals surface area contributed by atoms with E-state index < -0.39 is 0 Å². The zero-order chi connectivity index (χ0) is 102. The molecule has 3 aliphatic heterocycles. The van der Waals surface area contributed by atoms with Crippen LogP contribution in [0.2, 0.25) is 0 Å². The molecule has 0 spiro atoms. The Balaban J connectivity index is 0.000000230. The average Bonchev–Trinajstić information content (AvgIpc) is 1.69. The molecule has 0 saturated heterocycles. The predicted octanol–water partition coefficient (Wildman–Crippen LogP) is 35.5. The zero-order valence-corrected chi connectivity index (χ0v) is 92.4. The minimum absolute atomic E-state index is 0.154. The van der Waals surface area contributed by atoms with Crippen molar-refractivity contribution in [3.05, 3.63) is 362 Å². The van der Waals surface area contributed by atoms with E-state index in [0.29, 0.717) is 40.3 Å². The van der Waals surface area contributed by atoms with Crippen LogP contribution in [0.25, 0.3) is 10.8 Å². The third-order valence-corrected chi connectivity index (χ3v) is 25.2. The molecular formula is C127H177N3O6S. The molecule has 4 aliphatic rings. The van der Waals surface area contributed by atoms with Gasteiger partial charge in [-0.3, -0.25) is 9.97 Å². The second-order valence-electron chi connectivity index (χ2n) is 48.5. The van der Waals surface area contributed by atoms with Gasteiger partial charge in [-0.05, 0) is 252 Å². The first-order valence-corrected chi connectivity index (χ1v) is 50.8. The van der Waals surface area contributed by atoms with Gasteiger partial charge in [0.15, 0.2) is 23.0 Å². The van der Waals surface area contributed by atoms with Crippen LogP contribution in [0.4, 0.5) is 0 Å². The second kappa shape index (κ2) is 51.5. The van der Waals surface area contributed by atoms with E-state index in [2.05, 4.69) is 464 Å². The summed E-state index contributed by atoms with van der Waals surface area (Å²) in [7, 11) is 0. The van der Waals surface area contributed by atoms with Gasteiger partial charge < -0.3 is 33.1 Å². The first kappa shape index (κ1) is 115. The highest BCUT2D eigenvalue weighted by atomic mass is 32.1. The van der Waals surface area contributed by atoms with Gasteiger partial charge in [0.2, 0.25) is 0 Å². The summed E-state index contributed by atoms with van der Waals surface area (Å²) in [5.41, 5.74) is 22.3. The van der Waals surface area contributed by atoms with Gasteiger partial charge in [-0.15, -0.1) is 11.3 Å². The Bertz CT molecular complexity index is 5180. The Hall–Kier alpha value is -10.4. The van der Waals surface area contributed by atoms with Crippen molar-refractivity contribution in [3.8, 4) is 28.7 Å². The summed E-state index contributed by atoms with van der Waals surface area (Å²) in [4.78, 5) is 12.6. The fourth-order valence-corrected chi connectivity index (χ4v) is 15.1. The smallest absolute Gasteiger partial charge is 0.161 e. The molecular weight excluding hydrogens is 1700 g/mol. The van der Waals surface area contributed by atoms with Gasteiger partial charge >= 0.3 is 0 Å². The molecule has 0 saturated carbocycles. The third-order valence-electron chi connectivity index (χ3n) is 23.9. The molecule has 8 heterocycles. The molecule has 5 aromatic heterocycles. The number of H-pyrrole nitrogens is 1. The lowest BCUT2D eigenvalue weighted by Gasteiger charge is -2.23. The van der Waals surface area contributed by atoms with Crippen LogP contribution in [0.15, 0.2) is 284 Å². The number of fused-ring (bicyclic) bond motifs is 5. The van der Waals surface area contributed by atoms with Crippen LogP contribution in [0.5, 0.6) is 28.7 Å². The highest BCUT2D eigenvalue weighted by molar-refractivity contribution is 7.10. The van der Waals surface area contributed by atoms with E-state index >= 15 is 0 Å². The Labute approximate surface area is 836 Å². The van der Waals surface area contributed by atoms with Crippen LogP contribution in [0.1, 0.15) is 351 Å².